The minimum Gasteiger partial charge on any atom is -0.397 e. The monoisotopic (exact) mass is 1730 g/mol. The molecule has 0 spiro atoms. The first-order valence-electron chi connectivity index (χ1n) is 29.9. The van der Waals surface area contributed by atoms with Crippen LogP contribution in [0.3, 0.4) is 0 Å². The van der Waals surface area contributed by atoms with Gasteiger partial charge in [-0.15, -0.1) is 0 Å². The van der Waals surface area contributed by atoms with E-state index in [0.717, 1.165) is 124 Å². The van der Waals surface area contributed by atoms with Gasteiger partial charge in [-0.3, -0.25) is 39.1 Å². The van der Waals surface area contributed by atoms with Gasteiger partial charge < -0.3 is 21.7 Å². The standard InChI is InChI=1S/C21H18N4O.C20H16N4O.C8H6IN3O.C8H9IN2O.C6H5IN2O2.C6H7IN2/c1-25-17-10-11-18(23-21(26)14-7-8-14)22-20(17)19(24-25)16-9-6-13-4-2-3-5-15(13)12-16;25-20(13-6-7-13)22-17-10-9-16-19(21-17)18(24-23-16)15-8-5-12-3-1-2-4-14(12)11-15;1-5(13)12-7-4-10-8(9)2-6(7)3-11-12;1-5-3-8(9)10-4-7(5)11-6(2)12;1-4-2-6(7)8-3-5(4)9(10)11;1-4-2-6(7)9-3-5(4)8/h2-6,9-12,14H,7-8H2,1H3,(H,22,23,26);1-5,8-11,13H,6-7H2,(H,23,24)(H,21,22,25);2-4H,1H3;3-4H,1-2H3,(H,11,12);2-3H,1H3;2-3H,8H2,1H3. The normalized spacial score (nSPS) is 12.1. The van der Waals surface area contributed by atoms with Crippen molar-refractivity contribution >= 4 is 197 Å². The SMILES string of the molecule is CC(=O)Nc1cnc(I)cc1C.CC(=O)n1ncc2cc(I)ncc21.Cc1cc(I)ncc1N.Cc1cc(I)ncc1[N+](=O)[O-].Cn1nc(-c2ccc3ccccc3c2)c2nc(NC(=O)C3CC3)ccc21.O=C(Nc1ccc2[nH]nc(-c3ccc4ccccc4c3)c2n1)C1CC1. The number of nitrogens with one attached hydrogen (secondary N) is 4. The van der Waals surface area contributed by atoms with Gasteiger partial charge in [0, 0.05) is 54.8 Å². The van der Waals surface area contributed by atoms with E-state index < -0.39 is 4.92 Å². The number of carbonyl (C=O) groups is 4. The van der Waals surface area contributed by atoms with Crippen molar-refractivity contribution < 1.29 is 24.1 Å². The molecule has 0 bridgehead atoms. The highest BCUT2D eigenvalue weighted by Gasteiger charge is 2.31. The molecule has 9 heterocycles. The Labute approximate surface area is 604 Å². The lowest BCUT2D eigenvalue weighted by Crippen LogP contribution is -2.14. The van der Waals surface area contributed by atoms with Crippen molar-refractivity contribution in [2.75, 3.05) is 21.7 Å². The molecule has 9 aromatic heterocycles. The Morgan fingerprint density at radius 3 is 1.62 bits per heavy atom. The summed E-state index contributed by atoms with van der Waals surface area (Å²) in [6, 6.07) is 44.0. The van der Waals surface area contributed by atoms with E-state index >= 15 is 0 Å². The van der Waals surface area contributed by atoms with E-state index in [2.05, 4.69) is 195 Å². The van der Waals surface area contributed by atoms with Crippen molar-refractivity contribution in [2.45, 2.75) is 60.3 Å². The fraction of sp³-hybridized carbons (Fsp3) is 0.174. The van der Waals surface area contributed by atoms with Crippen LogP contribution in [-0.2, 0) is 21.4 Å². The number of benzene rings is 4. The molecular formula is C69H61I4N17O6. The molecule has 0 atom stereocenters. The van der Waals surface area contributed by atoms with E-state index in [4.69, 9.17) is 5.73 Å². The van der Waals surface area contributed by atoms with Crippen molar-refractivity contribution in [1.29, 1.82) is 0 Å². The van der Waals surface area contributed by atoms with E-state index in [1.165, 1.54) is 40.9 Å². The average molecular weight is 1730 g/mol. The molecule has 2 aliphatic rings. The topological polar surface area (TPSA) is 315 Å². The maximum Gasteiger partial charge on any atom is 0.290 e. The van der Waals surface area contributed by atoms with Gasteiger partial charge in [-0.05, 0) is 230 Å². The summed E-state index contributed by atoms with van der Waals surface area (Å²) in [6.07, 6.45) is 11.8. The van der Waals surface area contributed by atoms with Gasteiger partial charge in [0.1, 0.15) is 55.1 Å². The van der Waals surface area contributed by atoms with Crippen LogP contribution in [0.1, 0.15) is 61.0 Å². The molecule has 13 aromatic rings. The molecule has 3 amide bonds. The number of nitro groups is 1. The summed E-state index contributed by atoms with van der Waals surface area (Å²) in [6.45, 7) is 8.57. The van der Waals surface area contributed by atoms with Gasteiger partial charge >= 0.3 is 0 Å². The van der Waals surface area contributed by atoms with E-state index in [-0.39, 0.29) is 41.2 Å². The van der Waals surface area contributed by atoms with Gasteiger partial charge in [0.15, 0.2) is 0 Å². The molecule has 0 unspecified atom stereocenters. The molecule has 0 radical (unpaired) electrons. The zero-order valence-corrected chi connectivity index (χ0v) is 61.1. The number of nitrogens with two attached hydrogens (primary N) is 1. The first kappa shape index (κ1) is 69.7. The fourth-order valence-corrected chi connectivity index (χ4v) is 11.9. The summed E-state index contributed by atoms with van der Waals surface area (Å²) >= 11 is 8.42. The lowest BCUT2D eigenvalue weighted by atomic mass is 10.0. The summed E-state index contributed by atoms with van der Waals surface area (Å²) in [5, 5.41) is 40.6. The van der Waals surface area contributed by atoms with Gasteiger partial charge in [-0.2, -0.15) is 20.0 Å². The van der Waals surface area contributed by atoms with Crippen molar-refractivity contribution in [3.05, 3.63) is 206 Å². The second-order valence-electron chi connectivity index (χ2n) is 22.4. The average Bonchev–Trinajstić information content (AvgIpc) is 1.61. The predicted octanol–water partition coefficient (Wildman–Crippen LogP) is 15.4. The minimum absolute atomic E-state index is 0.0580. The summed E-state index contributed by atoms with van der Waals surface area (Å²) < 4.78 is 6.76. The number of fused-ring (bicyclic) bond motifs is 5. The molecule has 0 aliphatic heterocycles. The van der Waals surface area contributed by atoms with Crippen molar-refractivity contribution in [1.82, 2.24) is 59.7 Å². The number of anilines is 4. The van der Waals surface area contributed by atoms with E-state index in [0.29, 0.717) is 17.2 Å². The number of nitrogens with zero attached hydrogens (tertiary/aromatic N) is 12. The van der Waals surface area contributed by atoms with Gasteiger partial charge in [-0.25, -0.2) is 29.9 Å². The molecule has 23 nitrogen and oxygen atoms in total. The third-order valence-electron chi connectivity index (χ3n) is 15.0. The number of hydrogen-bond donors (Lipinski definition) is 5. The quantitative estimate of drug-likeness (QED) is 0.0408. The number of rotatable bonds is 8. The molecule has 2 aliphatic carbocycles. The number of halogens is 4. The van der Waals surface area contributed by atoms with Crippen LogP contribution in [0.4, 0.5) is 28.7 Å². The van der Waals surface area contributed by atoms with Crippen molar-refractivity contribution in [2.24, 2.45) is 18.9 Å². The van der Waals surface area contributed by atoms with Crippen molar-refractivity contribution in [3.63, 3.8) is 0 Å². The molecular weight excluding hydrogens is 1670 g/mol. The van der Waals surface area contributed by atoms with Gasteiger partial charge in [0.2, 0.25) is 23.6 Å². The Hall–Kier alpha value is -9.09. The van der Waals surface area contributed by atoms with Gasteiger partial charge in [-0.1, -0.05) is 72.8 Å². The molecule has 486 valence electrons. The smallest absolute Gasteiger partial charge is 0.290 e. The predicted molar refractivity (Wildman–Crippen MR) is 408 cm³/mol. The number of hydrogen-bond acceptors (Lipinski definition) is 16. The third kappa shape index (κ3) is 18.3. The summed E-state index contributed by atoms with van der Waals surface area (Å²) in [5.74, 6) is 1.43. The molecule has 0 saturated heterocycles. The molecule has 15 rings (SSSR count). The molecule has 96 heavy (non-hydrogen) atoms. The zero-order valence-electron chi connectivity index (χ0n) is 52.5. The molecule has 2 fully saturated rings. The summed E-state index contributed by atoms with van der Waals surface area (Å²) in [5.41, 5.74) is 17.7. The van der Waals surface area contributed by atoms with Crippen LogP contribution in [0.25, 0.3) is 77.0 Å². The number of aromatic amines is 1. The highest BCUT2D eigenvalue weighted by Crippen LogP contribution is 2.34. The van der Waals surface area contributed by atoms with Crippen LogP contribution < -0.4 is 21.7 Å². The van der Waals surface area contributed by atoms with Crippen molar-refractivity contribution in [3.8, 4) is 22.5 Å². The van der Waals surface area contributed by atoms with E-state index in [9.17, 15) is 29.3 Å². The minimum atomic E-state index is -0.432. The number of amides is 3. The number of aryl methyl sites for hydroxylation is 4. The van der Waals surface area contributed by atoms with Crippen LogP contribution in [0, 0.1) is 57.5 Å². The zero-order chi connectivity index (χ0) is 68.3. The van der Waals surface area contributed by atoms with Crippen LogP contribution >= 0.6 is 90.4 Å². The molecule has 2 saturated carbocycles. The highest BCUT2D eigenvalue weighted by atomic mass is 127. The van der Waals surface area contributed by atoms with E-state index in [1.54, 1.807) is 37.8 Å². The van der Waals surface area contributed by atoms with Crippen LogP contribution in [0.5, 0.6) is 0 Å². The lowest BCUT2D eigenvalue weighted by Gasteiger charge is -2.04. The third-order valence-corrected chi connectivity index (χ3v) is 17.4. The number of nitrogen functional groups attached to an aromatic ring is 1. The van der Waals surface area contributed by atoms with E-state index in [1.807, 2.05) is 115 Å². The summed E-state index contributed by atoms with van der Waals surface area (Å²) in [4.78, 5) is 80.9. The first-order chi connectivity index (χ1) is 46.0. The molecule has 6 N–H and O–H groups in total. The first-order valence-corrected chi connectivity index (χ1v) is 34.2. The number of aromatic nitrogens is 12. The number of pyridine rings is 6. The maximum absolute atomic E-state index is 12.0. The Bertz CT molecular complexity index is 5090. The van der Waals surface area contributed by atoms with Crippen LogP contribution in [-0.4, -0.2) is 88.2 Å². The fourth-order valence-electron chi connectivity index (χ4n) is 9.62. The lowest BCUT2D eigenvalue weighted by molar-refractivity contribution is -0.385. The Kier molecular flexibility index (Phi) is 23.0. The van der Waals surface area contributed by atoms with Crippen LogP contribution in [0.2, 0.25) is 0 Å². The Balaban J connectivity index is 0.000000132. The second-order valence-corrected chi connectivity index (χ2v) is 26.8. The largest absolute Gasteiger partial charge is 0.397 e. The van der Waals surface area contributed by atoms with Crippen LogP contribution in [0.15, 0.2) is 164 Å². The Morgan fingerprint density at radius 2 is 1.08 bits per heavy atom. The molecule has 4 aromatic carbocycles. The highest BCUT2D eigenvalue weighted by molar-refractivity contribution is 14.1. The second kappa shape index (κ2) is 31.6. The van der Waals surface area contributed by atoms with Gasteiger partial charge in [0.25, 0.3) is 5.69 Å². The Morgan fingerprint density at radius 1 is 0.562 bits per heavy atom. The maximum atomic E-state index is 12.0. The number of carbonyl (C=O) groups excluding carboxylic acids is 4. The summed E-state index contributed by atoms with van der Waals surface area (Å²) in [7, 11) is 1.91. The number of H-pyrrole nitrogens is 1. The molecule has 27 heteroatoms. The van der Waals surface area contributed by atoms with Gasteiger partial charge in [0.05, 0.1) is 57.6 Å².